The number of unbranched alkanes of at least 4 members (excludes halogenated alkanes) is 35. The van der Waals surface area contributed by atoms with E-state index in [1.807, 2.05) is 6.08 Å². The van der Waals surface area contributed by atoms with E-state index in [1.165, 1.54) is 173 Å². The highest BCUT2D eigenvalue weighted by Gasteiger charge is 2.44. The first-order valence-corrected chi connectivity index (χ1v) is 28.5. The lowest BCUT2D eigenvalue weighted by atomic mass is 9.99. The Morgan fingerprint density at radius 1 is 0.537 bits per heavy atom. The summed E-state index contributed by atoms with van der Waals surface area (Å²) in [7, 11) is 0. The quantitative estimate of drug-likeness (QED) is 0.0196. The van der Waals surface area contributed by atoms with Crippen molar-refractivity contribution in [3.63, 3.8) is 0 Å². The maximum Gasteiger partial charge on any atom is 0.305 e. The fraction of sp³-hybridized carbons (Fsp3) is 0.929. The zero-order valence-corrected chi connectivity index (χ0v) is 43.4. The number of carbonyl (C=O) groups is 2. The smallest absolute Gasteiger partial charge is 0.305 e. The summed E-state index contributed by atoms with van der Waals surface area (Å²) in [5.41, 5.74) is 0. The number of ether oxygens (including phenoxy) is 3. The van der Waals surface area contributed by atoms with E-state index in [4.69, 9.17) is 14.2 Å². The van der Waals surface area contributed by atoms with Gasteiger partial charge in [-0.2, -0.15) is 0 Å². The fourth-order valence-corrected chi connectivity index (χ4v) is 9.08. The minimum absolute atomic E-state index is 0.0237. The molecule has 396 valence electrons. The molecule has 1 amide bonds. The summed E-state index contributed by atoms with van der Waals surface area (Å²) in [5.74, 6) is -0.219. The van der Waals surface area contributed by atoms with Crippen LogP contribution >= 0.6 is 0 Å². The van der Waals surface area contributed by atoms with Crippen LogP contribution in [0.1, 0.15) is 271 Å². The number of nitrogens with one attached hydrogen (secondary N) is 1. The van der Waals surface area contributed by atoms with E-state index in [0.717, 1.165) is 70.6 Å². The Kier molecular flexibility index (Phi) is 44.3. The van der Waals surface area contributed by atoms with Gasteiger partial charge in [0.05, 0.1) is 32.0 Å². The van der Waals surface area contributed by atoms with Gasteiger partial charge in [-0.15, -0.1) is 0 Å². The Morgan fingerprint density at radius 3 is 1.39 bits per heavy atom. The number of aliphatic hydroxyl groups is 5. The number of hydrogen-bond donors (Lipinski definition) is 6. The van der Waals surface area contributed by atoms with Gasteiger partial charge in [-0.1, -0.05) is 238 Å². The molecule has 7 unspecified atom stereocenters. The second kappa shape index (κ2) is 46.8. The normalized spacial score (nSPS) is 19.5. The third-order valence-electron chi connectivity index (χ3n) is 13.7. The maximum atomic E-state index is 13.0. The minimum Gasteiger partial charge on any atom is -0.466 e. The first-order valence-electron chi connectivity index (χ1n) is 28.5. The van der Waals surface area contributed by atoms with Gasteiger partial charge in [0, 0.05) is 12.8 Å². The molecule has 1 aliphatic rings. The van der Waals surface area contributed by atoms with E-state index in [1.54, 1.807) is 6.08 Å². The Bertz CT molecular complexity index is 1120. The topological polar surface area (TPSA) is 175 Å². The molecule has 0 radical (unpaired) electrons. The lowest BCUT2D eigenvalue weighted by Gasteiger charge is -2.40. The van der Waals surface area contributed by atoms with Crippen molar-refractivity contribution in [3.8, 4) is 0 Å². The highest BCUT2D eigenvalue weighted by Crippen LogP contribution is 2.23. The predicted octanol–water partition coefficient (Wildman–Crippen LogP) is 12.4. The van der Waals surface area contributed by atoms with Crippen LogP contribution in [0.25, 0.3) is 0 Å². The van der Waals surface area contributed by atoms with Crippen LogP contribution in [-0.2, 0) is 23.8 Å². The molecule has 0 aromatic carbocycles. The van der Waals surface area contributed by atoms with Crippen molar-refractivity contribution in [2.75, 3.05) is 19.8 Å². The summed E-state index contributed by atoms with van der Waals surface area (Å²) in [6, 6.07) is -0.817. The molecule has 1 aliphatic heterocycles. The van der Waals surface area contributed by atoms with Gasteiger partial charge in [-0.05, 0) is 32.1 Å². The molecule has 0 spiro atoms. The lowest BCUT2D eigenvalue weighted by Crippen LogP contribution is -2.60. The average Bonchev–Trinajstić information content (AvgIpc) is 3.32. The number of amides is 1. The fourth-order valence-electron chi connectivity index (χ4n) is 9.08. The molecule has 1 rings (SSSR count). The van der Waals surface area contributed by atoms with E-state index in [-0.39, 0.29) is 18.5 Å². The highest BCUT2D eigenvalue weighted by molar-refractivity contribution is 5.76. The standard InChI is InChI=1S/C56H107NO10/c1-3-5-7-9-11-13-14-15-16-17-18-21-24-28-32-36-40-44-52(61)65-45-41-37-33-29-25-22-19-20-23-27-31-35-39-43-51(60)57-48(49(59)42-38-34-30-26-12-10-8-6-4-2)47-66-56-55(64)54(63)53(62)50(46-58)67-56/h38,42,48-50,53-56,58-59,62-64H,3-37,39-41,43-47H2,1-2H3,(H,57,60)/b42-38+. The van der Waals surface area contributed by atoms with Crippen molar-refractivity contribution >= 4 is 11.9 Å². The zero-order valence-electron chi connectivity index (χ0n) is 43.4. The molecule has 0 saturated carbocycles. The van der Waals surface area contributed by atoms with E-state index in [9.17, 15) is 35.1 Å². The van der Waals surface area contributed by atoms with Gasteiger partial charge in [0.15, 0.2) is 6.29 Å². The summed E-state index contributed by atoms with van der Waals surface area (Å²) >= 11 is 0. The SMILES string of the molecule is CCCCCCCCC/C=C/C(O)C(COC1OC(CO)C(O)C(O)C1O)NC(=O)CCCCCCCCCCCCCCCOC(=O)CCCCCCCCCCCCCCCCCCC. The molecule has 1 saturated heterocycles. The Morgan fingerprint density at radius 2 is 0.940 bits per heavy atom. The molecule has 6 N–H and O–H groups in total. The van der Waals surface area contributed by atoms with Crippen LogP contribution in [0.3, 0.4) is 0 Å². The summed E-state index contributed by atoms with van der Waals surface area (Å²) in [6.07, 6.45) is 43.0. The zero-order chi connectivity index (χ0) is 48.8. The van der Waals surface area contributed by atoms with Crippen LogP contribution in [-0.4, -0.2) is 100 Å². The molecule has 67 heavy (non-hydrogen) atoms. The largest absolute Gasteiger partial charge is 0.466 e. The minimum atomic E-state index is -1.57. The molecule has 0 aliphatic carbocycles. The monoisotopic (exact) mass is 954 g/mol. The average molecular weight is 954 g/mol. The van der Waals surface area contributed by atoms with Crippen LogP contribution in [0, 0.1) is 0 Å². The van der Waals surface area contributed by atoms with Gasteiger partial charge in [-0.3, -0.25) is 9.59 Å². The van der Waals surface area contributed by atoms with Crippen LogP contribution in [0.4, 0.5) is 0 Å². The van der Waals surface area contributed by atoms with Crippen LogP contribution in [0.2, 0.25) is 0 Å². The molecule has 1 fully saturated rings. The van der Waals surface area contributed by atoms with Gasteiger partial charge in [0.25, 0.3) is 0 Å². The van der Waals surface area contributed by atoms with E-state index in [0.29, 0.717) is 19.4 Å². The van der Waals surface area contributed by atoms with Crippen LogP contribution in [0.5, 0.6) is 0 Å². The van der Waals surface area contributed by atoms with Gasteiger partial charge >= 0.3 is 5.97 Å². The molecule has 11 heteroatoms. The number of allylic oxidation sites excluding steroid dienone is 1. The lowest BCUT2D eigenvalue weighted by molar-refractivity contribution is -0.302. The molecule has 0 aromatic heterocycles. The second-order valence-electron chi connectivity index (χ2n) is 20.0. The van der Waals surface area contributed by atoms with Crippen molar-refractivity contribution < 1.29 is 49.3 Å². The predicted molar refractivity (Wildman–Crippen MR) is 274 cm³/mol. The molecular formula is C56H107NO10. The van der Waals surface area contributed by atoms with E-state index < -0.39 is 49.5 Å². The van der Waals surface area contributed by atoms with Gasteiger partial charge in [0.2, 0.25) is 5.91 Å². The van der Waals surface area contributed by atoms with Crippen LogP contribution in [0.15, 0.2) is 12.2 Å². The van der Waals surface area contributed by atoms with E-state index >= 15 is 0 Å². The highest BCUT2D eigenvalue weighted by atomic mass is 16.7. The number of esters is 1. The number of carbonyl (C=O) groups excluding carboxylic acids is 2. The summed E-state index contributed by atoms with van der Waals surface area (Å²) in [6.45, 7) is 4.28. The first kappa shape index (κ1) is 63.4. The van der Waals surface area contributed by atoms with Crippen molar-refractivity contribution in [1.29, 1.82) is 0 Å². The molecule has 0 aromatic rings. The number of hydrogen-bond acceptors (Lipinski definition) is 10. The third kappa shape index (κ3) is 36.9. The summed E-state index contributed by atoms with van der Waals surface area (Å²) in [5, 5.41) is 54.1. The molecular weight excluding hydrogens is 847 g/mol. The third-order valence-corrected chi connectivity index (χ3v) is 13.7. The van der Waals surface area contributed by atoms with Crippen LogP contribution < -0.4 is 5.32 Å². The second-order valence-corrected chi connectivity index (χ2v) is 20.0. The Labute approximate surface area is 410 Å². The van der Waals surface area contributed by atoms with Crippen molar-refractivity contribution in [2.24, 2.45) is 0 Å². The molecule has 1 heterocycles. The van der Waals surface area contributed by atoms with E-state index in [2.05, 4.69) is 19.2 Å². The van der Waals surface area contributed by atoms with Crippen molar-refractivity contribution in [2.45, 2.75) is 314 Å². The van der Waals surface area contributed by atoms with Crippen molar-refractivity contribution in [1.82, 2.24) is 5.32 Å². The molecule has 7 atom stereocenters. The summed E-state index contributed by atoms with van der Waals surface area (Å²) in [4.78, 5) is 25.1. The first-order chi connectivity index (χ1) is 32.7. The maximum absolute atomic E-state index is 13.0. The molecule has 0 bridgehead atoms. The van der Waals surface area contributed by atoms with Crippen molar-refractivity contribution in [3.05, 3.63) is 12.2 Å². The molecule has 11 nitrogen and oxygen atoms in total. The number of rotatable bonds is 49. The van der Waals surface area contributed by atoms with Gasteiger partial charge in [0.1, 0.15) is 24.4 Å². The Hall–Kier alpha value is -1.60. The number of aliphatic hydroxyl groups excluding tert-OH is 5. The Balaban J connectivity index is 2.05. The van der Waals surface area contributed by atoms with Gasteiger partial charge in [-0.25, -0.2) is 0 Å². The summed E-state index contributed by atoms with van der Waals surface area (Å²) < 4.78 is 16.7. The van der Waals surface area contributed by atoms with Gasteiger partial charge < -0.3 is 45.1 Å².